The highest BCUT2D eigenvalue weighted by Gasteiger charge is 2.77. The molecule has 2 amide bonds. The number of nitrogens with two attached hydrogens (primary N) is 2. The highest BCUT2D eigenvalue weighted by atomic mass is 16.6. The summed E-state index contributed by atoms with van der Waals surface area (Å²) in [6.07, 6.45) is -9.64. The Morgan fingerprint density at radius 2 is 1.60 bits per heavy atom. The van der Waals surface area contributed by atoms with Gasteiger partial charge in [-0.3, -0.25) is 19.2 Å². The van der Waals surface area contributed by atoms with Crippen molar-refractivity contribution >= 4 is 47.6 Å². The molecule has 4 fully saturated rings. The predicted octanol–water partition coefficient (Wildman–Crippen LogP) is 1.60. The lowest BCUT2D eigenvalue weighted by molar-refractivity contribution is -0.296. The molecule has 5 aliphatic rings. The molecule has 0 radical (unpaired) electrons. The van der Waals surface area contributed by atoms with Crippen LogP contribution >= 0.6 is 0 Å². The van der Waals surface area contributed by atoms with E-state index in [0.29, 0.717) is 19.3 Å². The van der Waals surface area contributed by atoms with Gasteiger partial charge in [0.05, 0.1) is 41.5 Å². The fraction of sp³-hybridized carbons (Fsp3) is 0.660. The molecule has 20 heteroatoms. The number of carbonyl (C=O) groups is 8. The number of ether oxygens (including phenoxy) is 6. The Morgan fingerprint density at radius 1 is 0.955 bits per heavy atom. The van der Waals surface area contributed by atoms with Crippen molar-refractivity contribution in [3.05, 3.63) is 47.0 Å². The minimum atomic E-state index is -2.41. The summed E-state index contributed by atoms with van der Waals surface area (Å²) in [6, 6.07) is 5.08. The molecule has 2 bridgehead atoms. The van der Waals surface area contributed by atoms with E-state index in [4.69, 9.17) is 39.9 Å². The molecule has 0 aromatic heterocycles. The Labute approximate surface area is 387 Å². The maximum atomic E-state index is 15.2. The number of hydrogen-bond donors (Lipinski definition) is 6. The number of ketones is 1. The van der Waals surface area contributed by atoms with E-state index < -0.39 is 155 Å². The molecular weight excluding hydrogens is 879 g/mol. The van der Waals surface area contributed by atoms with Crippen LogP contribution in [0.4, 0.5) is 4.79 Å². The number of rotatable bonds is 14. The third-order valence-electron chi connectivity index (χ3n) is 14.5. The summed E-state index contributed by atoms with van der Waals surface area (Å²) in [5.41, 5.74) is 2.00. The fourth-order valence-electron chi connectivity index (χ4n) is 10.8. The fourth-order valence-corrected chi connectivity index (χ4v) is 10.8. The zero-order chi connectivity index (χ0) is 49.8. The van der Waals surface area contributed by atoms with E-state index in [-0.39, 0.29) is 29.6 Å². The average molecular weight is 942 g/mol. The Morgan fingerprint density at radius 3 is 2.15 bits per heavy atom. The Bertz CT molecular complexity index is 2200. The summed E-state index contributed by atoms with van der Waals surface area (Å²) in [6.45, 7) is 10.8. The second-order valence-electron chi connectivity index (χ2n) is 20.3. The SMILES string of the molecule is CC(=O)O[C@@]12CC[C@@H]1C[C@H](O)[C@@]1(C)C(=O)[C@H](O)C3=C(C)[C@@H](OC(=O)[C@H](OC(=O)COC(=O)C[C@H](N)C(N)=O)[C@@H](NC(=O)OC(C)(C)C)C4CC4)C[C@@](O)([C@@H](OC(=O)c4ccccc4)[C@H]21)C3(C)C. The number of carbonyl (C=O) groups excluding carboxylic acids is 8. The number of aliphatic hydroxyl groups excluding tert-OH is 2. The van der Waals surface area contributed by atoms with E-state index in [9.17, 15) is 48.9 Å². The zero-order valence-corrected chi connectivity index (χ0v) is 39.0. The Balaban J connectivity index is 1.45. The highest BCUT2D eigenvalue weighted by molar-refractivity contribution is 5.94. The number of hydrogen-bond acceptors (Lipinski definition) is 18. The number of Topliss-reactive ketones (excluding diaryl/α,β-unsaturated/α-hetero) is 1. The lowest BCUT2D eigenvalue weighted by Crippen LogP contribution is -2.78. The van der Waals surface area contributed by atoms with Gasteiger partial charge < -0.3 is 60.5 Å². The summed E-state index contributed by atoms with van der Waals surface area (Å²) < 4.78 is 34.7. The first-order valence-electron chi connectivity index (χ1n) is 22.5. The maximum absolute atomic E-state index is 15.2. The van der Waals surface area contributed by atoms with Gasteiger partial charge >= 0.3 is 35.9 Å². The average Bonchev–Trinajstić information content (AvgIpc) is 4.08. The number of esters is 5. The van der Waals surface area contributed by atoms with E-state index in [1.165, 1.54) is 46.8 Å². The van der Waals surface area contributed by atoms with E-state index in [1.54, 1.807) is 39.0 Å². The molecule has 8 N–H and O–H groups in total. The summed E-state index contributed by atoms with van der Waals surface area (Å²) >= 11 is 0. The van der Waals surface area contributed by atoms with Crippen molar-refractivity contribution in [3.63, 3.8) is 0 Å². The van der Waals surface area contributed by atoms with Crippen LogP contribution in [0.3, 0.4) is 0 Å². The lowest BCUT2D eigenvalue weighted by atomic mass is 9.41. The number of fused-ring (bicyclic) bond motifs is 5. The molecule has 0 heterocycles. The smallest absolute Gasteiger partial charge is 0.408 e. The monoisotopic (exact) mass is 941 g/mol. The minimum absolute atomic E-state index is 0.0160. The van der Waals surface area contributed by atoms with Gasteiger partial charge in [0.25, 0.3) is 0 Å². The molecule has 368 valence electrons. The van der Waals surface area contributed by atoms with Crippen LogP contribution in [0.5, 0.6) is 0 Å². The summed E-state index contributed by atoms with van der Waals surface area (Å²) in [4.78, 5) is 108. The molecule has 6 rings (SSSR count). The number of primary amides is 1. The molecule has 0 aliphatic heterocycles. The second-order valence-corrected chi connectivity index (χ2v) is 20.3. The normalized spacial score (nSPS) is 32.1. The topological polar surface area (TPSA) is 317 Å². The van der Waals surface area contributed by atoms with E-state index in [2.05, 4.69) is 5.32 Å². The number of alkyl carbamates (subject to hydrolysis) is 1. The van der Waals surface area contributed by atoms with Gasteiger partial charge in [-0.15, -0.1) is 0 Å². The Kier molecular flexibility index (Phi) is 14.1. The summed E-state index contributed by atoms with van der Waals surface area (Å²) in [5.74, 6) is -9.74. The second kappa shape index (κ2) is 18.6. The van der Waals surface area contributed by atoms with Gasteiger partial charge in [0.2, 0.25) is 12.0 Å². The van der Waals surface area contributed by atoms with Gasteiger partial charge in [0.15, 0.2) is 12.4 Å². The van der Waals surface area contributed by atoms with Gasteiger partial charge in [-0.25, -0.2) is 19.2 Å². The molecule has 12 atom stereocenters. The van der Waals surface area contributed by atoms with Crippen molar-refractivity contribution in [2.75, 3.05) is 6.61 Å². The van der Waals surface area contributed by atoms with E-state index >= 15 is 4.79 Å². The lowest BCUT2D eigenvalue weighted by Gasteiger charge is -2.68. The molecule has 0 saturated heterocycles. The van der Waals surface area contributed by atoms with Gasteiger partial charge in [0, 0.05) is 24.7 Å². The van der Waals surface area contributed by atoms with E-state index in [0.717, 1.165) is 0 Å². The molecule has 5 aliphatic carbocycles. The standard InChI is InChI=1S/C47H63N3O17/c1-22-28(63-41(59)35(33(24-14-15-24)50-42(60)67-43(3,4)5)64-31(54)21-62-30(53)19-27(48)39(49)57)20-47(61)38(65-40(58)25-12-10-9-11-13-25)36-45(8,37(56)34(55)32(22)44(47,6)7)29(52)18-26-16-17-46(26,36)66-23(2)51/h9-13,24,26-29,33-36,38,52,55,61H,14-21,48H2,1-8H3,(H2,49,57)(H,50,60)/t26-,27+,28+,29+,33+,34-,35-,36+,38+,45-,46+,47-/m1/s1. The van der Waals surface area contributed by atoms with Crippen LogP contribution in [0.15, 0.2) is 41.5 Å². The first-order valence-corrected chi connectivity index (χ1v) is 22.5. The molecule has 67 heavy (non-hydrogen) atoms. The first kappa shape index (κ1) is 51.0. The van der Waals surface area contributed by atoms with Crippen molar-refractivity contribution in [1.82, 2.24) is 5.32 Å². The van der Waals surface area contributed by atoms with Gasteiger partial charge in [-0.1, -0.05) is 32.0 Å². The Hall–Kier alpha value is -5.44. The van der Waals surface area contributed by atoms with Crippen LogP contribution < -0.4 is 16.8 Å². The molecule has 1 aromatic rings. The van der Waals surface area contributed by atoms with Crippen LogP contribution in [-0.4, -0.2) is 129 Å². The largest absolute Gasteiger partial charge is 0.458 e. The summed E-state index contributed by atoms with van der Waals surface area (Å²) in [5, 5.41) is 40.6. The van der Waals surface area contributed by atoms with Crippen molar-refractivity contribution < 1.29 is 82.1 Å². The van der Waals surface area contributed by atoms with Crippen molar-refractivity contribution in [2.45, 2.75) is 160 Å². The number of amides is 2. The maximum Gasteiger partial charge on any atom is 0.408 e. The van der Waals surface area contributed by atoms with Gasteiger partial charge in [-0.2, -0.15) is 0 Å². The molecule has 4 saturated carbocycles. The van der Waals surface area contributed by atoms with Crippen LogP contribution in [-0.2, 0) is 57.2 Å². The molecule has 0 unspecified atom stereocenters. The third-order valence-corrected chi connectivity index (χ3v) is 14.5. The van der Waals surface area contributed by atoms with Crippen molar-refractivity contribution in [2.24, 2.45) is 40.1 Å². The van der Waals surface area contributed by atoms with Crippen molar-refractivity contribution in [1.29, 1.82) is 0 Å². The number of aliphatic hydroxyl groups is 3. The van der Waals surface area contributed by atoms with Crippen LogP contribution in [0, 0.1) is 28.6 Å². The predicted molar refractivity (Wildman–Crippen MR) is 231 cm³/mol. The minimum Gasteiger partial charge on any atom is -0.458 e. The number of nitrogens with one attached hydrogen (secondary N) is 1. The quantitative estimate of drug-likeness (QED) is 0.0877. The highest BCUT2D eigenvalue weighted by Crippen LogP contribution is 2.67. The van der Waals surface area contributed by atoms with Crippen LogP contribution in [0.25, 0.3) is 0 Å². The molecular formula is C47H63N3O17. The van der Waals surface area contributed by atoms with Crippen LogP contribution in [0.1, 0.15) is 111 Å². The third kappa shape index (κ3) is 9.67. The zero-order valence-electron chi connectivity index (χ0n) is 39.0. The first-order chi connectivity index (χ1) is 31.1. The van der Waals surface area contributed by atoms with Gasteiger partial charge in [0.1, 0.15) is 35.1 Å². The van der Waals surface area contributed by atoms with Crippen LogP contribution in [0.2, 0.25) is 0 Å². The molecule has 1 aromatic carbocycles. The molecule has 20 nitrogen and oxygen atoms in total. The van der Waals surface area contributed by atoms with Crippen molar-refractivity contribution in [3.8, 4) is 0 Å². The summed E-state index contributed by atoms with van der Waals surface area (Å²) in [7, 11) is 0. The van der Waals surface area contributed by atoms with E-state index in [1.807, 2.05) is 0 Å². The number of benzene rings is 1. The molecule has 0 spiro atoms. The van der Waals surface area contributed by atoms with Gasteiger partial charge in [-0.05, 0) is 95.9 Å².